The summed E-state index contributed by atoms with van der Waals surface area (Å²) in [5.74, 6) is -5.48. The van der Waals surface area contributed by atoms with Crippen LogP contribution in [0.5, 0.6) is 5.75 Å². The second-order valence-corrected chi connectivity index (χ2v) is 13.1. The van der Waals surface area contributed by atoms with E-state index in [2.05, 4.69) is 27.3 Å². The average Bonchev–Trinajstić information content (AvgIpc) is 2.80. The summed E-state index contributed by atoms with van der Waals surface area (Å²) in [7, 11) is -6.10. The Kier molecular flexibility index (Phi) is 9.94. The maximum atomic E-state index is 13.6. The van der Waals surface area contributed by atoms with Gasteiger partial charge < -0.3 is 14.0 Å². The highest BCUT2D eigenvalue weighted by molar-refractivity contribution is 14.1. The molecule has 0 saturated heterocycles. The molecule has 3 rings (SSSR count). The molecule has 216 valence electrons. The fourth-order valence-electron chi connectivity index (χ4n) is 3.55. The Balaban J connectivity index is 2.06. The highest BCUT2D eigenvalue weighted by Gasteiger charge is 2.72. The van der Waals surface area contributed by atoms with Crippen molar-refractivity contribution in [1.29, 1.82) is 0 Å². The van der Waals surface area contributed by atoms with Crippen LogP contribution in [0, 0.1) is 16.1 Å². The minimum atomic E-state index is -6.33. The summed E-state index contributed by atoms with van der Waals surface area (Å²) in [4.78, 5) is 26.0. The van der Waals surface area contributed by atoms with Gasteiger partial charge in [0.2, 0.25) is 5.41 Å². The quantitative estimate of drug-likeness (QED) is 0.0856. The third-order valence-corrected chi connectivity index (χ3v) is 8.53. The van der Waals surface area contributed by atoms with Crippen molar-refractivity contribution in [2.75, 3.05) is 12.4 Å². The predicted molar refractivity (Wildman–Crippen MR) is 153 cm³/mol. The summed E-state index contributed by atoms with van der Waals surface area (Å²) in [6, 6.07) is 11.1. The average molecular weight is 927 g/mol. The molecule has 0 aliphatic carbocycles. The van der Waals surface area contributed by atoms with E-state index in [9.17, 15) is 48.9 Å². The van der Waals surface area contributed by atoms with E-state index in [1.54, 1.807) is 12.1 Å². The Bertz CT molecular complexity index is 1550. The second-order valence-electron chi connectivity index (χ2n) is 8.15. The minimum absolute atomic E-state index is 0.183. The van der Waals surface area contributed by atoms with E-state index in [-0.39, 0.29) is 22.1 Å². The Morgan fingerprint density at radius 1 is 0.825 bits per heavy atom. The first kappa shape index (κ1) is 33.0. The van der Waals surface area contributed by atoms with Gasteiger partial charge in [-0.25, -0.2) is 18.0 Å². The minimum Gasteiger partial charge on any atom is -0.748 e. The zero-order chi connectivity index (χ0) is 30.3. The third kappa shape index (κ3) is 7.12. The molecule has 0 unspecified atom stereocenters. The van der Waals surface area contributed by atoms with E-state index < -0.39 is 57.7 Å². The molecule has 0 amide bonds. The van der Waals surface area contributed by atoms with Gasteiger partial charge in [-0.2, -0.15) is 26.3 Å². The van der Waals surface area contributed by atoms with E-state index in [0.29, 0.717) is 7.14 Å². The summed E-state index contributed by atoms with van der Waals surface area (Å²) in [6.45, 7) is -2.55. The molecule has 7 nitrogen and oxygen atoms in total. The molecule has 0 spiro atoms. The molecule has 0 aliphatic rings. The largest absolute Gasteiger partial charge is 0.748 e. The van der Waals surface area contributed by atoms with Crippen molar-refractivity contribution in [2.45, 2.75) is 12.4 Å². The van der Waals surface area contributed by atoms with Gasteiger partial charge in [0, 0.05) is 8.96 Å². The van der Waals surface area contributed by atoms with Crippen LogP contribution in [0.15, 0.2) is 48.5 Å². The summed E-state index contributed by atoms with van der Waals surface area (Å²) in [5, 5.41) is -0.00691. The molecule has 0 radical (unpaired) electrons. The maximum absolute atomic E-state index is 13.6. The van der Waals surface area contributed by atoms with Gasteiger partial charge in [-0.3, -0.25) is 0 Å². The lowest BCUT2D eigenvalue weighted by atomic mass is 9.89. The van der Waals surface area contributed by atoms with Crippen LogP contribution in [-0.2, 0) is 14.9 Å². The molecule has 0 saturated carbocycles. The summed E-state index contributed by atoms with van der Waals surface area (Å²) in [6.07, 6.45) is -12.7. The first-order valence-electron chi connectivity index (χ1n) is 10.4. The number of alkyl halides is 6. The van der Waals surface area contributed by atoms with Crippen molar-refractivity contribution in [2.24, 2.45) is 5.41 Å². The highest BCUT2D eigenvalue weighted by atomic mass is 127. The molecule has 3 aromatic carbocycles. The zero-order valence-electron chi connectivity index (χ0n) is 19.2. The fourth-order valence-corrected chi connectivity index (χ4v) is 8.37. The van der Waals surface area contributed by atoms with Gasteiger partial charge in [-0.05, 0) is 97.4 Å². The van der Waals surface area contributed by atoms with Crippen molar-refractivity contribution in [1.82, 2.24) is 0 Å². The van der Waals surface area contributed by atoms with E-state index in [1.807, 2.05) is 45.2 Å². The number of hydrogen-bond acceptors (Lipinski definition) is 7. The van der Waals surface area contributed by atoms with Crippen LogP contribution in [0.25, 0.3) is 10.8 Å². The fraction of sp³-hybridized carbons (Fsp3) is 0.217. The molecule has 40 heavy (non-hydrogen) atoms. The lowest BCUT2D eigenvalue weighted by Crippen LogP contribution is -2.57. The third-order valence-electron chi connectivity index (χ3n) is 5.46. The molecule has 0 atom stereocenters. The van der Waals surface area contributed by atoms with Gasteiger partial charge in [0.1, 0.15) is 6.61 Å². The Hall–Kier alpha value is -1.46. The number of carbonyl (C=O) groups is 2. The SMILES string of the molecule is O=C(OCC(CS(=O)(=O)[O-])(C(F)(F)F)C(F)(F)F)c1cccc2cccc(C(=O)Oc3c(I)cc(I)cc3I)c12. The monoisotopic (exact) mass is 927 g/mol. The standard InChI is InChI=1S/C23H13F6I3O7S/c24-22(25,26)21(23(27,28)29,10-40(35,36)37)9-38-19(33)13-5-1-3-11-4-2-6-14(17(11)13)20(34)39-18-15(31)7-12(30)8-16(18)32/h1-8H,9-10H2,(H,35,36,37)/p-1. The van der Waals surface area contributed by atoms with E-state index in [1.165, 1.54) is 30.3 Å². The Labute approximate surface area is 263 Å². The number of halogens is 9. The van der Waals surface area contributed by atoms with Crippen molar-refractivity contribution < 1.29 is 58.4 Å². The first-order valence-corrected chi connectivity index (χ1v) is 15.2. The number of ether oxygens (including phenoxy) is 2. The van der Waals surface area contributed by atoms with Gasteiger partial charge >= 0.3 is 24.3 Å². The second kappa shape index (κ2) is 12.0. The van der Waals surface area contributed by atoms with Crippen molar-refractivity contribution in [3.05, 3.63) is 70.4 Å². The number of fused-ring (bicyclic) bond motifs is 1. The van der Waals surface area contributed by atoms with Gasteiger partial charge in [0.15, 0.2) is 5.75 Å². The molecule has 0 heterocycles. The number of esters is 2. The lowest BCUT2D eigenvalue weighted by molar-refractivity contribution is -0.340. The van der Waals surface area contributed by atoms with Crippen LogP contribution in [-0.4, -0.2) is 49.6 Å². The summed E-state index contributed by atoms with van der Waals surface area (Å²) in [5.41, 5.74) is -6.05. The Morgan fingerprint density at radius 3 is 1.75 bits per heavy atom. The highest BCUT2D eigenvalue weighted by Crippen LogP contribution is 2.51. The zero-order valence-corrected chi connectivity index (χ0v) is 26.5. The molecule has 0 N–H and O–H groups in total. The smallest absolute Gasteiger partial charge is 0.407 e. The molecular formula is C23H12F6I3O7S-. The molecule has 0 aromatic heterocycles. The Morgan fingerprint density at radius 2 is 1.30 bits per heavy atom. The molecule has 0 bridgehead atoms. The van der Waals surface area contributed by atoms with Gasteiger partial charge in [0.25, 0.3) is 0 Å². The number of rotatable bonds is 7. The van der Waals surface area contributed by atoms with Crippen LogP contribution in [0.2, 0.25) is 0 Å². The normalized spacial score (nSPS) is 12.8. The van der Waals surface area contributed by atoms with Crippen molar-refractivity contribution in [3.8, 4) is 5.75 Å². The molecule has 17 heteroatoms. The van der Waals surface area contributed by atoms with Crippen LogP contribution < -0.4 is 4.74 Å². The number of benzene rings is 3. The van der Waals surface area contributed by atoms with Crippen LogP contribution in [0.4, 0.5) is 26.3 Å². The molecule has 3 aromatic rings. The van der Waals surface area contributed by atoms with E-state index in [4.69, 9.17) is 4.74 Å². The maximum Gasteiger partial charge on any atom is 0.407 e. The van der Waals surface area contributed by atoms with Gasteiger partial charge in [-0.1, -0.05) is 24.3 Å². The summed E-state index contributed by atoms with van der Waals surface area (Å²) < 4.78 is 126. The van der Waals surface area contributed by atoms with Crippen LogP contribution in [0.1, 0.15) is 20.7 Å². The van der Waals surface area contributed by atoms with Crippen LogP contribution in [0.3, 0.4) is 0 Å². The molecular weight excluding hydrogens is 915 g/mol. The topological polar surface area (TPSA) is 110 Å². The number of carbonyl (C=O) groups excluding carboxylic acids is 2. The number of hydrogen-bond donors (Lipinski definition) is 0. The van der Waals surface area contributed by atoms with Crippen molar-refractivity contribution >= 4 is 101 Å². The lowest BCUT2D eigenvalue weighted by Gasteiger charge is -2.37. The van der Waals surface area contributed by atoms with Gasteiger partial charge in [-0.15, -0.1) is 0 Å². The van der Waals surface area contributed by atoms with Crippen LogP contribution >= 0.6 is 67.8 Å². The first-order chi connectivity index (χ1) is 18.3. The molecule has 0 fully saturated rings. The van der Waals surface area contributed by atoms with E-state index in [0.717, 1.165) is 9.64 Å². The predicted octanol–water partition coefficient (Wildman–Crippen LogP) is 6.69. The van der Waals surface area contributed by atoms with Gasteiger partial charge in [0.05, 0.1) is 34.1 Å². The molecule has 0 aliphatic heterocycles. The summed E-state index contributed by atoms with van der Waals surface area (Å²) >= 11 is 5.91. The van der Waals surface area contributed by atoms with E-state index >= 15 is 0 Å². The van der Waals surface area contributed by atoms with Crippen molar-refractivity contribution in [3.63, 3.8) is 0 Å².